The molecule has 5 aromatic rings. The maximum Gasteiger partial charge on any atom is 0.295 e. The van der Waals surface area contributed by atoms with Crippen LogP contribution < -0.4 is 5.32 Å². The lowest BCUT2D eigenvalue weighted by atomic mass is 10.1. The summed E-state index contributed by atoms with van der Waals surface area (Å²) in [5, 5.41) is 7.31. The number of nitrogens with zero attached hydrogens (tertiary/aromatic N) is 4. The number of rotatable bonds is 4. The number of aromatic nitrogens is 5. The number of benzene rings is 3. The summed E-state index contributed by atoms with van der Waals surface area (Å²) in [6.07, 6.45) is 0. The molecule has 0 aliphatic rings. The number of aryl methyl sites for hydroxylation is 1. The summed E-state index contributed by atoms with van der Waals surface area (Å²) in [4.78, 5) is 25.2. The molecule has 2 N–H and O–H groups in total. The topological polar surface area (TPSA) is 88.5 Å². The highest BCUT2D eigenvalue weighted by Gasteiger charge is 2.18. The second-order valence-electron chi connectivity index (χ2n) is 6.83. The van der Waals surface area contributed by atoms with Gasteiger partial charge >= 0.3 is 0 Å². The summed E-state index contributed by atoms with van der Waals surface area (Å²) in [5.74, 6) is 1.05. The Morgan fingerprint density at radius 1 is 0.900 bits per heavy atom. The van der Waals surface area contributed by atoms with Crippen molar-refractivity contribution in [2.24, 2.45) is 0 Å². The van der Waals surface area contributed by atoms with Crippen LogP contribution in [0.4, 0.5) is 5.69 Å². The Hall–Kier alpha value is -4.26. The number of H-pyrrole nitrogens is 1. The van der Waals surface area contributed by atoms with Crippen molar-refractivity contribution in [3.8, 4) is 17.1 Å². The normalized spacial score (nSPS) is 11.0. The average Bonchev–Trinajstić information content (AvgIpc) is 3.38. The Bertz CT molecular complexity index is 1320. The molecule has 30 heavy (non-hydrogen) atoms. The van der Waals surface area contributed by atoms with Crippen LogP contribution in [0.2, 0.25) is 0 Å². The smallest absolute Gasteiger partial charge is 0.295 e. The largest absolute Gasteiger partial charge is 0.338 e. The SMILES string of the molecule is Cc1nc(C(=O)Nc2ccccc2-c2nc3ccccc3[nH]2)nn1-c1ccccc1. The number of imidazole rings is 1. The molecule has 0 unspecified atom stereocenters. The fourth-order valence-electron chi connectivity index (χ4n) is 3.36. The Kier molecular flexibility index (Phi) is 4.33. The van der Waals surface area contributed by atoms with Crippen molar-refractivity contribution in [2.75, 3.05) is 5.32 Å². The first-order chi connectivity index (χ1) is 14.7. The number of fused-ring (bicyclic) bond motifs is 1. The van der Waals surface area contributed by atoms with Crippen LogP contribution in [0.5, 0.6) is 0 Å². The van der Waals surface area contributed by atoms with Crippen LogP contribution in [0.3, 0.4) is 0 Å². The molecule has 7 heteroatoms. The molecule has 3 aromatic carbocycles. The summed E-state index contributed by atoms with van der Waals surface area (Å²) < 4.78 is 1.65. The van der Waals surface area contributed by atoms with Crippen LogP contribution in [0, 0.1) is 6.92 Å². The van der Waals surface area contributed by atoms with Gasteiger partial charge in [0.2, 0.25) is 5.82 Å². The van der Waals surface area contributed by atoms with Gasteiger partial charge in [-0.2, -0.15) is 0 Å². The van der Waals surface area contributed by atoms with Gasteiger partial charge in [0.1, 0.15) is 11.6 Å². The third-order valence-electron chi connectivity index (χ3n) is 4.79. The molecule has 7 nitrogen and oxygen atoms in total. The molecule has 0 aliphatic carbocycles. The molecule has 0 saturated carbocycles. The van der Waals surface area contributed by atoms with E-state index in [1.54, 1.807) is 4.68 Å². The Labute approximate surface area is 172 Å². The minimum Gasteiger partial charge on any atom is -0.338 e. The van der Waals surface area contributed by atoms with E-state index in [9.17, 15) is 4.79 Å². The van der Waals surface area contributed by atoms with E-state index < -0.39 is 0 Å². The fourth-order valence-corrected chi connectivity index (χ4v) is 3.36. The molecule has 0 saturated heterocycles. The predicted molar refractivity (Wildman–Crippen MR) is 116 cm³/mol. The van der Waals surface area contributed by atoms with Gasteiger partial charge in [-0.3, -0.25) is 4.79 Å². The maximum absolute atomic E-state index is 12.9. The van der Waals surface area contributed by atoms with E-state index in [0.717, 1.165) is 22.3 Å². The molecule has 0 fully saturated rings. The van der Waals surface area contributed by atoms with Crippen LogP contribution in [0.25, 0.3) is 28.1 Å². The second-order valence-corrected chi connectivity index (χ2v) is 6.83. The molecule has 1 amide bonds. The first kappa shape index (κ1) is 17.8. The van der Waals surface area contributed by atoms with Crippen molar-refractivity contribution in [3.05, 3.63) is 90.5 Å². The minimum absolute atomic E-state index is 0.107. The number of hydrogen-bond acceptors (Lipinski definition) is 4. The van der Waals surface area contributed by atoms with Gasteiger partial charge in [0, 0.05) is 5.56 Å². The first-order valence-electron chi connectivity index (χ1n) is 9.53. The van der Waals surface area contributed by atoms with Crippen molar-refractivity contribution >= 4 is 22.6 Å². The molecule has 5 rings (SSSR count). The van der Waals surface area contributed by atoms with E-state index in [1.165, 1.54) is 0 Å². The van der Waals surface area contributed by atoms with Crippen molar-refractivity contribution in [1.29, 1.82) is 0 Å². The predicted octanol–water partition coefficient (Wildman–Crippen LogP) is 4.37. The van der Waals surface area contributed by atoms with Crippen molar-refractivity contribution < 1.29 is 4.79 Å². The lowest BCUT2D eigenvalue weighted by Crippen LogP contribution is -2.15. The van der Waals surface area contributed by atoms with E-state index in [-0.39, 0.29) is 11.7 Å². The highest BCUT2D eigenvalue weighted by atomic mass is 16.2. The Balaban J connectivity index is 1.46. The molecule has 0 radical (unpaired) electrons. The number of amides is 1. The maximum atomic E-state index is 12.9. The Morgan fingerprint density at radius 3 is 2.47 bits per heavy atom. The quantitative estimate of drug-likeness (QED) is 0.474. The number of carbonyl (C=O) groups is 1. The molecule has 0 bridgehead atoms. The average molecular weight is 394 g/mol. The van der Waals surface area contributed by atoms with Crippen LogP contribution in [-0.2, 0) is 0 Å². The summed E-state index contributed by atoms with van der Waals surface area (Å²) in [6.45, 7) is 1.82. The van der Waals surface area contributed by atoms with E-state index in [1.807, 2.05) is 85.8 Å². The lowest BCUT2D eigenvalue weighted by Gasteiger charge is -2.07. The minimum atomic E-state index is -0.378. The highest BCUT2D eigenvalue weighted by Crippen LogP contribution is 2.27. The van der Waals surface area contributed by atoms with Crippen LogP contribution in [0.1, 0.15) is 16.4 Å². The molecule has 0 atom stereocenters. The summed E-state index contributed by atoms with van der Waals surface area (Å²) in [6, 6.07) is 24.9. The van der Waals surface area contributed by atoms with Gasteiger partial charge in [0.25, 0.3) is 5.91 Å². The number of nitrogens with one attached hydrogen (secondary N) is 2. The molecule has 0 aliphatic heterocycles. The van der Waals surface area contributed by atoms with Gasteiger partial charge in [-0.05, 0) is 43.3 Å². The van der Waals surface area contributed by atoms with E-state index in [0.29, 0.717) is 17.3 Å². The summed E-state index contributed by atoms with van der Waals surface area (Å²) in [5.41, 5.74) is 4.08. The number of anilines is 1. The zero-order chi connectivity index (χ0) is 20.5. The fraction of sp³-hybridized carbons (Fsp3) is 0.0435. The van der Waals surface area contributed by atoms with Crippen LogP contribution >= 0.6 is 0 Å². The summed E-state index contributed by atoms with van der Waals surface area (Å²) in [7, 11) is 0. The zero-order valence-corrected chi connectivity index (χ0v) is 16.2. The highest BCUT2D eigenvalue weighted by molar-refractivity contribution is 6.03. The van der Waals surface area contributed by atoms with Gasteiger partial charge in [0.05, 0.1) is 22.4 Å². The second kappa shape index (κ2) is 7.29. The standard InChI is InChI=1S/C23H18N6O/c1-15-24-22(28-29(15)16-9-3-2-4-10-16)23(30)27-18-12-6-5-11-17(18)21-25-19-13-7-8-14-20(19)26-21/h2-14H,1H3,(H,25,26)(H,27,30). The molecule has 0 spiro atoms. The molecular weight excluding hydrogens is 376 g/mol. The molecule has 2 aromatic heterocycles. The monoisotopic (exact) mass is 394 g/mol. The van der Waals surface area contributed by atoms with Crippen molar-refractivity contribution in [3.63, 3.8) is 0 Å². The van der Waals surface area contributed by atoms with Crippen LogP contribution in [-0.4, -0.2) is 30.6 Å². The summed E-state index contributed by atoms with van der Waals surface area (Å²) >= 11 is 0. The molecule has 146 valence electrons. The number of carbonyl (C=O) groups excluding carboxylic acids is 1. The third kappa shape index (κ3) is 3.22. The Morgan fingerprint density at radius 2 is 1.63 bits per heavy atom. The van der Waals surface area contributed by atoms with Crippen molar-refractivity contribution in [2.45, 2.75) is 6.92 Å². The van der Waals surface area contributed by atoms with E-state index in [2.05, 4.69) is 25.4 Å². The number of para-hydroxylation sites is 4. The van der Waals surface area contributed by atoms with E-state index >= 15 is 0 Å². The van der Waals surface area contributed by atoms with Gasteiger partial charge in [-0.25, -0.2) is 14.6 Å². The molecule has 2 heterocycles. The van der Waals surface area contributed by atoms with Gasteiger partial charge in [-0.1, -0.05) is 42.5 Å². The molecular formula is C23H18N6O. The zero-order valence-electron chi connectivity index (χ0n) is 16.2. The van der Waals surface area contributed by atoms with Crippen LogP contribution in [0.15, 0.2) is 78.9 Å². The van der Waals surface area contributed by atoms with Gasteiger partial charge in [0.15, 0.2) is 0 Å². The van der Waals surface area contributed by atoms with Gasteiger partial charge < -0.3 is 10.3 Å². The lowest BCUT2D eigenvalue weighted by molar-refractivity contribution is 0.101. The number of hydrogen-bond donors (Lipinski definition) is 2. The first-order valence-corrected chi connectivity index (χ1v) is 9.53. The third-order valence-corrected chi connectivity index (χ3v) is 4.79. The van der Waals surface area contributed by atoms with E-state index in [4.69, 9.17) is 0 Å². The number of aromatic amines is 1. The van der Waals surface area contributed by atoms with Crippen molar-refractivity contribution in [1.82, 2.24) is 24.7 Å². The van der Waals surface area contributed by atoms with Gasteiger partial charge in [-0.15, -0.1) is 5.10 Å².